The van der Waals surface area contributed by atoms with Crippen LogP contribution in [-0.2, 0) is 0 Å². The molecule has 0 atom stereocenters. The largest absolute Gasteiger partial charge is 0.333 e. The molecule has 0 heterocycles. The van der Waals surface area contributed by atoms with Gasteiger partial charge in [-0.25, -0.2) is 9.59 Å². The third-order valence-electron chi connectivity index (χ3n) is 2.38. The molecule has 0 saturated heterocycles. The van der Waals surface area contributed by atoms with Crippen molar-refractivity contribution in [2.45, 2.75) is 52.6 Å². The Morgan fingerprint density at radius 3 is 1.18 bits per heavy atom. The molecule has 0 radical (unpaired) electrons. The second-order valence-electron chi connectivity index (χ2n) is 7.24. The zero-order valence-electron chi connectivity index (χ0n) is 14.1. The summed E-state index contributed by atoms with van der Waals surface area (Å²) in [6.45, 7) is 11.5. The first-order chi connectivity index (χ1) is 9.94. The van der Waals surface area contributed by atoms with E-state index in [0.717, 1.165) is 0 Å². The van der Waals surface area contributed by atoms with Gasteiger partial charge < -0.3 is 21.3 Å². The van der Waals surface area contributed by atoms with E-state index in [0.29, 0.717) is 11.4 Å². The van der Waals surface area contributed by atoms with Gasteiger partial charge in [0.25, 0.3) is 0 Å². The van der Waals surface area contributed by atoms with Crippen molar-refractivity contribution < 1.29 is 9.59 Å². The summed E-state index contributed by atoms with van der Waals surface area (Å²) in [6, 6.07) is 6.39. The van der Waals surface area contributed by atoms with Gasteiger partial charge in [-0.15, -0.1) is 0 Å². The topological polar surface area (TPSA) is 82.3 Å². The van der Waals surface area contributed by atoms with Gasteiger partial charge in [0.1, 0.15) is 0 Å². The molecule has 122 valence electrons. The maximum atomic E-state index is 11.7. The van der Waals surface area contributed by atoms with Gasteiger partial charge in [0.05, 0.1) is 0 Å². The van der Waals surface area contributed by atoms with Gasteiger partial charge in [-0.05, 0) is 65.8 Å². The second-order valence-corrected chi connectivity index (χ2v) is 7.24. The number of hydrogen-bond donors (Lipinski definition) is 4. The third-order valence-corrected chi connectivity index (χ3v) is 2.38. The molecule has 0 aliphatic carbocycles. The van der Waals surface area contributed by atoms with E-state index in [1.807, 2.05) is 41.5 Å². The highest BCUT2D eigenvalue weighted by Crippen LogP contribution is 2.14. The summed E-state index contributed by atoms with van der Waals surface area (Å²) in [5, 5.41) is 11.1. The molecule has 0 unspecified atom stereocenters. The van der Waals surface area contributed by atoms with E-state index in [9.17, 15) is 9.59 Å². The van der Waals surface area contributed by atoms with Crippen LogP contribution in [-0.4, -0.2) is 23.1 Å². The first kappa shape index (κ1) is 17.8. The zero-order valence-corrected chi connectivity index (χ0v) is 14.1. The number of carbonyl (C=O) groups excluding carboxylic acids is 2. The Labute approximate surface area is 132 Å². The monoisotopic (exact) mass is 306 g/mol. The first-order valence-corrected chi connectivity index (χ1v) is 7.23. The number of rotatable bonds is 2. The van der Waals surface area contributed by atoms with Crippen molar-refractivity contribution >= 4 is 23.4 Å². The average molecular weight is 306 g/mol. The Morgan fingerprint density at radius 1 is 0.682 bits per heavy atom. The third kappa shape index (κ3) is 7.52. The van der Waals surface area contributed by atoms with E-state index >= 15 is 0 Å². The van der Waals surface area contributed by atoms with Crippen molar-refractivity contribution in [2.24, 2.45) is 0 Å². The Hall–Kier alpha value is -2.24. The van der Waals surface area contributed by atoms with E-state index in [1.165, 1.54) is 0 Å². The van der Waals surface area contributed by atoms with Gasteiger partial charge in [-0.2, -0.15) is 0 Å². The molecule has 4 amide bonds. The number of carbonyl (C=O) groups is 2. The van der Waals surface area contributed by atoms with Crippen LogP contribution < -0.4 is 21.3 Å². The van der Waals surface area contributed by atoms with E-state index in [2.05, 4.69) is 21.3 Å². The smallest absolute Gasteiger partial charge is 0.319 e. The minimum atomic E-state index is -0.295. The highest BCUT2D eigenvalue weighted by atomic mass is 16.2. The molecule has 1 aromatic carbocycles. The fraction of sp³-hybridized carbons (Fsp3) is 0.500. The molecule has 1 rings (SSSR count). The number of benzene rings is 1. The highest BCUT2D eigenvalue weighted by molar-refractivity contribution is 5.92. The lowest BCUT2D eigenvalue weighted by atomic mass is 10.1. The lowest BCUT2D eigenvalue weighted by Gasteiger charge is -2.21. The van der Waals surface area contributed by atoms with E-state index < -0.39 is 0 Å². The molecule has 0 spiro atoms. The Balaban J connectivity index is 2.56. The maximum Gasteiger partial charge on any atom is 0.319 e. The van der Waals surface area contributed by atoms with E-state index in [1.54, 1.807) is 24.3 Å². The molecule has 0 aromatic heterocycles. The van der Waals surface area contributed by atoms with Crippen LogP contribution in [0, 0.1) is 0 Å². The predicted octanol–water partition coefficient (Wildman–Crippen LogP) is 3.53. The van der Waals surface area contributed by atoms with Crippen LogP contribution >= 0.6 is 0 Å². The van der Waals surface area contributed by atoms with Crippen molar-refractivity contribution in [3.05, 3.63) is 24.3 Å². The molecule has 6 nitrogen and oxygen atoms in total. The van der Waals surface area contributed by atoms with Crippen molar-refractivity contribution in [1.82, 2.24) is 10.6 Å². The Morgan fingerprint density at radius 2 is 0.955 bits per heavy atom. The lowest BCUT2D eigenvalue weighted by molar-refractivity contribution is 0.242. The van der Waals surface area contributed by atoms with Crippen molar-refractivity contribution in [3.8, 4) is 0 Å². The van der Waals surface area contributed by atoms with Gasteiger partial charge >= 0.3 is 12.1 Å². The molecular weight excluding hydrogens is 280 g/mol. The van der Waals surface area contributed by atoms with Crippen molar-refractivity contribution in [2.75, 3.05) is 10.6 Å². The minimum absolute atomic E-state index is 0.265. The van der Waals surface area contributed by atoms with Gasteiger partial charge in [0.2, 0.25) is 0 Å². The minimum Gasteiger partial charge on any atom is -0.333 e. The first-order valence-electron chi connectivity index (χ1n) is 7.23. The number of anilines is 2. The fourth-order valence-corrected chi connectivity index (χ4v) is 1.64. The quantitative estimate of drug-likeness (QED) is 0.674. The van der Waals surface area contributed by atoms with E-state index in [4.69, 9.17) is 0 Å². The molecule has 6 heteroatoms. The van der Waals surface area contributed by atoms with Crippen molar-refractivity contribution in [3.63, 3.8) is 0 Å². The number of hydrogen-bond acceptors (Lipinski definition) is 2. The van der Waals surface area contributed by atoms with Crippen LogP contribution in [0.25, 0.3) is 0 Å². The summed E-state index contributed by atoms with van der Waals surface area (Å²) in [5.41, 5.74) is 0.722. The molecule has 22 heavy (non-hydrogen) atoms. The predicted molar refractivity (Wildman–Crippen MR) is 90.3 cm³/mol. The van der Waals surface area contributed by atoms with Crippen LogP contribution in [0.2, 0.25) is 0 Å². The SMILES string of the molecule is CC(C)(C)NC(=O)Nc1ccc(NC(=O)NC(C)(C)C)cc1. The van der Waals surface area contributed by atoms with Crippen LogP contribution in [0.15, 0.2) is 24.3 Å². The molecule has 0 saturated carbocycles. The summed E-state index contributed by atoms with van der Waals surface area (Å²) in [4.78, 5) is 23.5. The average Bonchev–Trinajstić information content (AvgIpc) is 2.26. The standard InChI is InChI=1S/C16H26N4O2/c1-15(2,3)19-13(21)17-11-7-9-12(10-8-11)18-14(22)20-16(4,5)6/h7-10H,1-6H3,(H2,17,19,21)(H2,18,20,22). The maximum absolute atomic E-state index is 11.7. The van der Waals surface area contributed by atoms with Crippen molar-refractivity contribution in [1.29, 1.82) is 0 Å². The Bertz CT molecular complexity index is 476. The summed E-state index contributed by atoms with van der Waals surface area (Å²) >= 11 is 0. The summed E-state index contributed by atoms with van der Waals surface area (Å²) in [6.07, 6.45) is 0. The summed E-state index contributed by atoms with van der Waals surface area (Å²) < 4.78 is 0. The number of nitrogens with one attached hydrogen (secondary N) is 4. The Kier molecular flexibility index (Phi) is 5.41. The van der Waals surface area contributed by atoms with Crippen LogP contribution in [0.5, 0.6) is 0 Å². The van der Waals surface area contributed by atoms with Crippen LogP contribution in [0.4, 0.5) is 21.0 Å². The summed E-state index contributed by atoms with van der Waals surface area (Å²) in [7, 11) is 0. The lowest BCUT2D eigenvalue weighted by Crippen LogP contribution is -2.43. The van der Waals surface area contributed by atoms with Gasteiger partial charge in [-0.1, -0.05) is 0 Å². The molecule has 4 N–H and O–H groups in total. The van der Waals surface area contributed by atoms with Gasteiger partial charge in [-0.3, -0.25) is 0 Å². The van der Waals surface area contributed by atoms with Gasteiger partial charge in [0.15, 0.2) is 0 Å². The molecule has 0 aliphatic heterocycles. The molecule has 0 aliphatic rings. The summed E-state index contributed by atoms with van der Waals surface area (Å²) in [5.74, 6) is 0. The second kappa shape index (κ2) is 6.68. The zero-order chi connectivity index (χ0) is 17.0. The van der Waals surface area contributed by atoms with Gasteiger partial charge in [0, 0.05) is 22.5 Å². The highest BCUT2D eigenvalue weighted by Gasteiger charge is 2.14. The molecule has 0 bridgehead atoms. The normalized spacial score (nSPS) is 11.5. The molecule has 0 fully saturated rings. The molecule has 1 aromatic rings. The fourth-order valence-electron chi connectivity index (χ4n) is 1.64. The molecular formula is C16H26N4O2. The van der Waals surface area contributed by atoms with Crippen LogP contribution in [0.3, 0.4) is 0 Å². The number of urea groups is 2. The van der Waals surface area contributed by atoms with Crippen LogP contribution in [0.1, 0.15) is 41.5 Å². The van der Waals surface area contributed by atoms with E-state index in [-0.39, 0.29) is 23.1 Å². The number of amides is 4.